The topological polar surface area (TPSA) is 49.8 Å². The lowest BCUT2D eigenvalue weighted by molar-refractivity contribution is -0.137. The highest BCUT2D eigenvalue weighted by Gasteiger charge is 2.15. The van der Waals surface area contributed by atoms with Gasteiger partial charge < -0.3 is 9.84 Å². The van der Waals surface area contributed by atoms with Gasteiger partial charge >= 0.3 is 5.97 Å². The van der Waals surface area contributed by atoms with Gasteiger partial charge in [0.1, 0.15) is 0 Å². The average molecular weight is 279 g/mol. The van der Waals surface area contributed by atoms with Crippen LogP contribution in [-0.2, 0) is 9.53 Å². The third-order valence-corrected chi connectivity index (χ3v) is 3.50. The number of aliphatic carboxylic acids is 1. The van der Waals surface area contributed by atoms with Crippen LogP contribution in [0.1, 0.15) is 37.8 Å². The Morgan fingerprint density at radius 3 is 2.55 bits per heavy atom. The summed E-state index contributed by atoms with van der Waals surface area (Å²) in [5.41, 5.74) is 1.28. The van der Waals surface area contributed by atoms with Gasteiger partial charge in [0.15, 0.2) is 0 Å². The molecule has 0 aliphatic rings. The first-order valence-electron chi connectivity index (χ1n) is 7.15. The van der Waals surface area contributed by atoms with E-state index in [0.717, 1.165) is 25.9 Å². The van der Waals surface area contributed by atoms with E-state index in [9.17, 15) is 4.79 Å². The molecule has 0 fully saturated rings. The highest BCUT2D eigenvalue weighted by molar-refractivity contribution is 5.66. The van der Waals surface area contributed by atoms with Gasteiger partial charge in [-0.3, -0.25) is 9.69 Å². The van der Waals surface area contributed by atoms with Gasteiger partial charge in [0.25, 0.3) is 0 Å². The van der Waals surface area contributed by atoms with Crippen LogP contribution >= 0.6 is 0 Å². The first-order chi connectivity index (χ1) is 9.65. The maximum absolute atomic E-state index is 10.5. The van der Waals surface area contributed by atoms with Crippen molar-refractivity contribution in [2.45, 2.75) is 32.2 Å². The quantitative estimate of drug-likeness (QED) is 0.669. The number of ether oxygens (including phenoxy) is 1. The third kappa shape index (κ3) is 6.17. The summed E-state index contributed by atoms with van der Waals surface area (Å²) < 4.78 is 5.17. The van der Waals surface area contributed by atoms with Crippen LogP contribution in [0.4, 0.5) is 0 Å². The van der Waals surface area contributed by atoms with Crippen LogP contribution in [0, 0.1) is 0 Å². The number of carboxylic acids is 1. The van der Waals surface area contributed by atoms with Crippen LogP contribution in [0.2, 0.25) is 0 Å². The molecule has 0 saturated carbocycles. The van der Waals surface area contributed by atoms with E-state index in [1.807, 2.05) is 18.2 Å². The molecule has 0 aromatic heterocycles. The smallest absolute Gasteiger partial charge is 0.303 e. The van der Waals surface area contributed by atoms with Crippen LogP contribution in [0.5, 0.6) is 0 Å². The van der Waals surface area contributed by atoms with Gasteiger partial charge in [0, 0.05) is 26.1 Å². The van der Waals surface area contributed by atoms with E-state index in [1.54, 1.807) is 7.11 Å². The first kappa shape index (κ1) is 16.7. The fourth-order valence-electron chi connectivity index (χ4n) is 2.24. The molecule has 0 aliphatic carbocycles. The van der Waals surface area contributed by atoms with E-state index in [-0.39, 0.29) is 6.42 Å². The van der Waals surface area contributed by atoms with E-state index in [4.69, 9.17) is 9.84 Å². The molecular weight excluding hydrogens is 254 g/mol. The molecule has 1 aromatic carbocycles. The first-order valence-corrected chi connectivity index (χ1v) is 7.15. The zero-order chi connectivity index (χ0) is 14.8. The lowest BCUT2D eigenvalue weighted by Gasteiger charge is -2.29. The molecule has 0 spiro atoms. The summed E-state index contributed by atoms with van der Waals surface area (Å²) in [7, 11) is 1.70. The molecule has 0 saturated heterocycles. The monoisotopic (exact) mass is 279 g/mol. The molecule has 1 rings (SSSR count). The van der Waals surface area contributed by atoms with Crippen molar-refractivity contribution in [2.75, 3.05) is 26.8 Å². The Morgan fingerprint density at radius 1 is 1.25 bits per heavy atom. The highest BCUT2D eigenvalue weighted by Crippen LogP contribution is 2.20. The Morgan fingerprint density at radius 2 is 1.95 bits per heavy atom. The lowest BCUT2D eigenvalue weighted by atomic mass is 10.1. The van der Waals surface area contributed by atoms with Gasteiger partial charge in [-0.15, -0.1) is 0 Å². The number of benzene rings is 1. The normalized spacial score (nSPS) is 12.6. The van der Waals surface area contributed by atoms with Crippen LogP contribution in [-0.4, -0.2) is 42.8 Å². The van der Waals surface area contributed by atoms with Crippen molar-refractivity contribution in [3.8, 4) is 0 Å². The summed E-state index contributed by atoms with van der Waals surface area (Å²) in [5.74, 6) is -0.718. The Bertz CT molecular complexity index is 381. The van der Waals surface area contributed by atoms with Crippen molar-refractivity contribution < 1.29 is 14.6 Å². The van der Waals surface area contributed by atoms with Crippen molar-refractivity contribution in [3.63, 3.8) is 0 Å². The molecular formula is C16H25NO3. The minimum Gasteiger partial charge on any atom is -0.481 e. The second-order valence-electron chi connectivity index (χ2n) is 4.97. The Hall–Kier alpha value is -1.39. The maximum Gasteiger partial charge on any atom is 0.303 e. The number of hydrogen-bond donors (Lipinski definition) is 1. The predicted octanol–water partition coefficient (Wildman–Crippen LogP) is 2.95. The molecule has 0 heterocycles. The highest BCUT2D eigenvalue weighted by atomic mass is 16.5. The second-order valence-corrected chi connectivity index (χ2v) is 4.97. The molecule has 1 atom stereocenters. The lowest BCUT2D eigenvalue weighted by Crippen LogP contribution is -2.31. The Kier molecular flexibility index (Phi) is 7.92. The van der Waals surface area contributed by atoms with E-state index in [0.29, 0.717) is 12.6 Å². The van der Waals surface area contributed by atoms with Gasteiger partial charge in [-0.2, -0.15) is 0 Å². The van der Waals surface area contributed by atoms with Crippen molar-refractivity contribution in [3.05, 3.63) is 35.9 Å². The molecule has 0 radical (unpaired) electrons. The molecule has 1 aromatic rings. The van der Waals surface area contributed by atoms with E-state index >= 15 is 0 Å². The molecule has 4 heteroatoms. The zero-order valence-corrected chi connectivity index (χ0v) is 12.4. The molecule has 0 bridgehead atoms. The standard InChI is InChI=1S/C16H25NO3/c1-14(15-8-4-3-5-9-15)17(12-13-20-2)11-7-6-10-16(18)19/h3-5,8-9,14H,6-7,10-13H2,1-2H3,(H,18,19). The van der Waals surface area contributed by atoms with Crippen LogP contribution in [0.25, 0.3) is 0 Å². The van der Waals surface area contributed by atoms with Crippen LogP contribution in [0.15, 0.2) is 30.3 Å². The number of unbranched alkanes of at least 4 members (excludes halogenated alkanes) is 1. The average Bonchev–Trinajstić information content (AvgIpc) is 2.46. The Balaban J connectivity index is 2.52. The van der Waals surface area contributed by atoms with Crippen LogP contribution in [0.3, 0.4) is 0 Å². The number of nitrogens with zero attached hydrogens (tertiary/aromatic N) is 1. The van der Waals surface area contributed by atoms with E-state index in [2.05, 4.69) is 24.0 Å². The molecule has 0 amide bonds. The summed E-state index contributed by atoms with van der Waals surface area (Å²) in [5, 5.41) is 8.67. The summed E-state index contributed by atoms with van der Waals surface area (Å²) in [6.07, 6.45) is 1.87. The minimum atomic E-state index is -0.718. The molecule has 0 aliphatic heterocycles. The summed E-state index contributed by atoms with van der Waals surface area (Å²) in [4.78, 5) is 12.9. The molecule has 112 valence electrons. The van der Waals surface area contributed by atoms with Gasteiger partial charge in [-0.25, -0.2) is 0 Å². The SMILES string of the molecule is COCCN(CCCCC(=O)O)C(C)c1ccccc1. The number of hydrogen-bond acceptors (Lipinski definition) is 3. The minimum absolute atomic E-state index is 0.248. The van der Waals surface area contributed by atoms with Crippen molar-refractivity contribution in [1.29, 1.82) is 0 Å². The van der Waals surface area contributed by atoms with Crippen molar-refractivity contribution in [2.24, 2.45) is 0 Å². The van der Waals surface area contributed by atoms with Gasteiger partial charge in [-0.1, -0.05) is 30.3 Å². The maximum atomic E-state index is 10.5. The van der Waals surface area contributed by atoms with Crippen molar-refractivity contribution in [1.82, 2.24) is 4.90 Å². The third-order valence-electron chi connectivity index (χ3n) is 3.50. The molecule has 20 heavy (non-hydrogen) atoms. The van der Waals surface area contributed by atoms with Gasteiger partial charge in [-0.05, 0) is 31.9 Å². The Labute approximate surface area is 121 Å². The van der Waals surface area contributed by atoms with Gasteiger partial charge in [0.2, 0.25) is 0 Å². The molecule has 1 unspecified atom stereocenters. The fourth-order valence-corrected chi connectivity index (χ4v) is 2.24. The van der Waals surface area contributed by atoms with E-state index in [1.165, 1.54) is 5.56 Å². The summed E-state index contributed by atoms with van der Waals surface area (Å²) >= 11 is 0. The molecule has 4 nitrogen and oxygen atoms in total. The number of rotatable bonds is 10. The zero-order valence-electron chi connectivity index (χ0n) is 12.4. The number of carboxylic acid groups (broad SMARTS) is 1. The number of methoxy groups -OCH3 is 1. The fraction of sp³-hybridized carbons (Fsp3) is 0.562. The largest absolute Gasteiger partial charge is 0.481 e. The second kappa shape index (κ2) is 9.50. The van der Waals surface area contributed by atoms with Gasteiger partial charge in [0.05, 0.1) is 6.61 Å². The summed E-state index contributed by atoms with van der Waals surface area (Å²) in [6, 6.07) is 10.7. The number of carbonyl (C=O) groups is 1. The van der Waals surface area contributed by atoms with Crippen LogP contribution < -0.4 is 0 Å². The predicted molar refractivity (Wildman–Crippen MR) is 79.8 cm³/mol. The van der Waals surface area contributed by atoms with E-state index < -0.39 is 5.97 Å². The molecule has 1 N–H and O–H groups in total. The summed E-state index contributed by atoms with van der Waals surface area (Å²) in [6.45, 7) is 4.63. The van der Waals surface area contributed by atoms with Crippen molar-refractivity contribution >= 4 is 5.97 Å².